The zero-order valence-corrected chi connectivity index (χ0v) is 12.9. The number of carbonyl (C=O) groups excluding carboxylic acids is 1. The van der Waals surface area contributed by atoms with Crippen molar-refractivity contribution in [2.45, 2.75) is 34.1 Å². The second kappa shape index (κ2) is 7.69. The van der Waals surface area contributed by atoms with E-state index in [1.54, 1.807) is 0 Å². The largest absolute Gasteiger partial charge is 0.338 e. The molecule has 3 heteroatoms. The summed E-state index contributed by atoms with van der Waals surface area (Å²) in [4.78, 5) is 14.5. The van der Waals surface area contributed by atoms with Gasteiger partial charge in [-0.2, -0.15) is 5.26 Å². The molecule has 0 N–H and O–H groups in total. The molecular formula is C17H24N2O. The van der Waals surface area contributed by atoms with E-state index in [0.717, 1.165) is 18.7 Å². The summed E-state index contributed by atoms with van der Waals surface area (Å²) in [5.74, 6) is 0.988. The van der Waals surface area contributed by atoms with E-state index >= 15 is 0 Å². The molecule has 0 fully saturated rings. The summed E-state index contributed by atoms with van der Waals surface area (Å²) in [5.41, 5.74) is 1.65. The highest BCUT2D eigenvalue weighted by molar-refractivity contribution is 5.94. The van der Waals surface area contributed by atoms with Crippen LogP contribution < -0.4 is 0 Å². The lowest BCUT2D eigenvalue weighted by Crippen LogP contribution is -2.37. The fourth-order valence-electron chi connectivity index (χ4n) is 2.16. The van der Waals surface area contributed by atoms with E-state index in [2.05, 4.69) is 33.8 Å². The van der Waals surface area contributed by atoms with E-state index in [-0.39, 0.29) is 5.91 Å². The quantitative estimate of drug-likeness (QED) is 0.795. The van der Waals surface area contributed by atoms with E-state index in [9.17, 15) is 4.79 Å². The van der Waals surface area contributed by atoms with E-state index in [0.29, 0.717) is 23.8 Å². The lowest BCUT2D eigenvalue weighted by molar-refractivity contribution is 0.0715. The van der Waals surface area contributed by atoms with Crippen LogP contribution >= 0.6 is 0 Å². The first-order chi connectivity index (χ1) is 9.43. The SMILES string of the molecule is CC(C)CN(CC(C)C)C(=O)c1ccc(CC#N)cc1. The van der Waals surface area contributed by atoms with Crippen molar-refractivity contribution < 1.29 is 4.79 Å². The highest BCUT2D eigenvalue weighted by Gasteiger charge is 2.17. The fourth-order valence-corrected chi connectivity index (χ4v) is 2.16. The van der Waals surface area contributed by atoms with Crippen molar-refractivity contribution in [3.05, 3.63) is 35.4 Å². The van der Waals surface area contributed by atoms with Gasteiger partial charge in [0, 0.05) is 18.7 Å². The molecule has 1 aromatic carbocycles. The third-order valence-corrected chi connectivity index (χ3v) is 2.94. The molecule has 0 aliphatic carbocycles. The molecule has 0 aliphatic rings. The minimum atomic E-state index is 0.0795. The summed E-state index contributed by atoms with van der Waals surface area (Å²) in [5, 5.41) is 8.66. The first kappa shape index (κ1) is 16.2. The monoisotopic (exact) mass is 272 g/mol. The number of carbonyl (C=O) groups is 1. The molecule has 0 bridgehead atoms. The Morgan fingerprint density at radius 3 is 2.00 bits per heavy atom. The van der Waals surface area contributed by atoms with Gasteiger partial charge in [0.05, 0.1) is 12.5 Å². The van der Waals surface area contributed by atoms with Gasteiger partial charge in [0.1, 0.15) is 0 Å². The van der Waals surface area contributed by atoms with Gasteiger partial charge in [-0.25, -0.2) is 0 Å². The van der Waals surface area contributed by atoms with Gasteiger partial charge in [0.15, 0.2) is 0 Å². The Balaban J connectivity index is 2.85. The molecule has 0 aromatic heterocycles. The van der Waals surface area contributed by atoms with Crippen LogP contribution in [0.1, 0.15) is 43.6 Å². The van der Waals surface area contributed by atoms with Crippen LogP contribution in [-0.2, 0) is 6.42 Å². The van der Waals surface area contributed by atoms with Crippen molar-refractivity contribution in [2.75, 3.05) is 13.1 Å². The van der Waals surface area contributed by atoms with E-state index < -0.39 is 0 Å². The molecule has 0 heterocycles. The lowest BCUT2D eigenvalue weighted by Gasteiger charge is -2.26. The summed E-state index contributed by atoms with van der Waals surface area (Å²) in [6.07, 6.45) is 0.385. The number of hydrogen-bond donors (Lipinski definition) is 0. The van der Waals surface area contributed by atoms with E-state index in [1.165, 1.54) is 0 Å². The van der Waals surface area contributed by atoms with E-state index in [4.69, 9.17) is 5.26 Å². The predicted octanol–water partition coefficient (Wildman–Crippen LogP) is 3.51. The standard InChI is InChI=1S/C17H24N2O/c1-13(2)11-19(12-14(3)4)17(20)16-7-5-15(6-8-16)9-10-18/h5-8,13-14H,9,11-12H2,1-4H3. The summed E-state index contributed by atoms with van der Waals surface area (Å²) in [7, 11) is 0. The summed E-state index contributed by atoms with van der Waals surface area (Å²) < 4.78 is 0. The number of rotatable bonds is 6. The average molecular weight is 272 g/mol. The maximum absolute atomic E-state index is 12.5. The van der Waals surface area contributed by atoms with Gasteiger partial charge in [-0.05, 0) is 29.5 Å². The van der Waals surface area contributed by atoms with Crippen molar-refractivity contribution >= 4 is 5.91 Å². The number of amides is 1. The Labute approximate surface area is 122 Å². The molecule has 1 aromatic rings. The Morgan fingerprint density at radius 2 is 1.60 bits per heavy atom. The topological polar surface area (TPSA) is 44.1 Å². The Morgan fingerprint density at radius 1 is 1.10 bits per heavy atom. The van der Waals surface area contributed by atoms with Crippen LogP contribution in [0.15, 0.2) is 24.3 Å². The highest BCUT2D eigenvalue weighted by Crippen LogP contribution is 2.12. The zero-order chi connectivity index (χ0) is 15.1. The number of benzene rings is 1. The van der Waals surface area contributed by atoms with Crippen molar-refractivity contribution in [3.8, 4) is 6.07 Å². The van der Waals surface area contributed by atoms with E-state index in [1.807, 2.05) is 29.2 Å². The summed E-state index contributed by atoms with van der Waals surface area (Å²) >= 11 is 0. The van der Waals surface area contributed by atoms with Crippen LogP contribution in [-0.4, -0.2) is 23.9 Å². The van der Waals surface area contributed by atoms with Crippen molar-refractivity contribution in [3.63, 3.8) is 0 Å². The Hall–Kier alpha value is -1.82. The van der Waals surface area contributed by atoms with Crippen molar-refractivity contribution in [2.24, 2.45) is 11.8 Å². The molecule has 0 aliphatic heterocycles. The van der Waals surface area contributed by atoms with Crippen LogP contribution in [0.4, 0.5) is 0 Å². The van der Waals surface area contributed by atoms with Gasteiger partial charge in [-0.3, -0.25) is 4.79 Å². The molecule has 108 valence electrons. The fraction of sp³-hybridized carbons (Fsp3) is 0.529. The van der Waals surface area contributed by atoms with Gasteiger partial charge < -0.3 is 4.90 Å². The third kappa shape index (κ3) is 5.05. The highest BCUT2D eigenvalue weighted by atomic mass is 16.2. The third-order valence-electron chi connectivity index (χ3n) is 2.94. The molecule has 0 atom stereocenters. The first-order valence-electron chi connectivity index (χ1n) is 7.19. The van der Waals surface area contributed by atoms with Gasteiger partial charge in [0.2, 0.25) is 0 Å². The zero-order valence-electron chi connectivity index (χ0n) is 12.9. The molecule has 0 saturated heterocycles. The molecule has 20 heavy (non-hydrogen) atoms. The lowest BCUT2D eigenvalue weighted by atomic mass is 10.1. The van der Waals surface area contributed by atoms with Crippen molar-refractivity contribution in [1.29, 1.82) is 5.26 Å². The molecule has 1 rings (SSSR count). The molecule has 3 nitrogen and oxygen atoms in total. The van der Waals surface area contributed by atoms with Crippen LogP contribution in [0.3, 0.4) is 0 Å². The number of hydrogen-bond acceptors (Lipinski definition) is 2. The Kier molecular flexibility index (Phi) is 6.24. The van der Waals surface area contributed by atoms with Crippen LogP contribution in [0, 0.1) is 23.2 Å². The molecule has 1 amide bonds. The summed E-state index contributed by atoms with van der Waals surface area (Å²) in [6.45, 7) is 10.0. The van der Waals surface area contributed by atoms with Crippen LogP contribution in [0.2, 0.25) is 0 Å². The minimum Gasteiger partial charge on any atom is -0.338 e. The van der Waals surface area contributed by atoms with Gasteiger partial charge >= 0.3 is 0 Å². The van der Waals surface area contributed by atoms with Gasteiger partial charge in [-0.1, -0.05) is 39.8 Å². The molecular weight excluding hydrogens is 248 g/mol. The van der Waals surface area contributed by atoms with Gasteiger partial charge in [0.25, 0.3) is 5.91 Å². The second-order valence-electron chi connectivity index (χ2n) is 6.03. The molecule has 0 spiro atoms. The van der Waals surface area contributed by atoms with Crippen LogP contribution in [0.25, 0.3) is 0 Å². The van der Waals surface area contributed by atoms with Gasteiger partial charge in [-0.15, -0.1) is 0 Å². The molecule has 0 unspecified atom stereocenters. The second-order valence-corrected chi connectivity index (χ2v) is 6.03. The Bertz CT molecular complexity index is 459. The molecule has 0 radical (unpaired) electrons. The maximum atomic E-state index is 12.5. The minimum absolute atomic E-state index is 0.0795. The van der Waals surface area contributed by atoms with Crippen molar-refractivity contribution in [1.82, 2.24) is 4.90 Å². The first-order valence-corrected chi connectivity index (χ1v) is 7.19. The maximum Gasteiger partial charge on any atom is 0.253 e. The smallest absolute Gasteiger partial charge is 0.253 e. The summed E-state index contributed by atoms with van der Waals surface area (Å²) in [6, 6.07) is 9.48. The van der Waals surface area contributed by atoms with Crippen LogP contribution in [0.5, 0.6) is 0 Å². The molecule has 0 saturated carbocycles. The average Bonchev–Trinajstić information content (AvgIpc) is 2.37. The number of nitriles is 1. The predicted molar refractivity (Wildman–Crippen MR) is 81.3 cm³/mol. The normalized spacial score (nSPS) is 10.7. The number of nitrogens with zero attached hydrogens (tertiary/aromatic N) is 2.